The number of carbonyl (C=O) groups excluding carboxylic acids is 2. The molecule has 0 radical (unpaired) electrons. The molecule has 0 saturated heterocycles. The lowest BCUT2D eigenvalue weighted by Crippen LogP contribution is -2.09. The molecule has 0 fully saturated rings. The lowest BCUT2D eigenvalue weighted by molar-refractivity contribution is -0.113. The summed E-state index contributed by atoms with van der Waals surface area (Å²) in [7, 11) is 0. The third-order valence-electron chi connectivity index (χ3n) is 3.18. The first-order valence-electron chi connectivity index (χ1n) is 6.98. The van der Waals surface area contributed by atoms with Crippen LogP contribution in [0.2, 0.25) is 10.0 Å². The molecule has 1 heterocycles. The fraction of sp³-hybridized carbons (Fsp3) is 0. The SMILES string of the molecule is NC1=NC(=O)/C(=C/c2ccc(OC(=O)c3ccc(Cl)cc3Cl)cc2)S1. The van der Waals surface area contributed by atoms with Gasteiger partial charge in [-0.1, -0.05) is 35.3 Å². The molecular formula is C17H10Cl2N2O3S. The number of amidine groups is 1. The van der Waals surface area contributed by atoms with E-state index in [4.69, 9.17) is 33.7 Å². The van der Waals surface area contributed by atoms with Gasteiger partial charge in [-0.3, -0.25) is 4.79 Å². The van der Waals surface area contributed by atoms with Crippen molar-refractivity contribution in [2.24, 2.45) is 10.7 Å². The molecule has 1 aliphatic rings. The Morgan fingerprint density at radius 1 is 1.16 bits per heavy atom. The molecule has 2 aromatic carbocycles. The zero-order valence-electron chi connectivity index (χ0n) is 12.5. The Labute approximate surface area is 157 Å². The van der Waals surface area contributed by atoms with Crippen molar-refractivity contribution in [2.75, 3.05) is 0 Å². The average molecular weight is 393 g/mol. The Balaban J connectivity index is 1.72. The van der Waals surface area contributed by atoms with E-state index in [0.717, 1.165) is 17.3 Å². The number of esters is 1. The van der Waals surface area contributed by atoms with Gasteiger partial charge in [0.1, 0.15) is 5.75 Å². The van der Waals surface area contributed by atoms with Gasteiger partial charge in [0, 0.05) is 5.02 Å². The number of nitrogens with zero attached hydrogens (tertiary/aromatic N) is 1. The predicted octanol–water partition coefficient (Wildman–Crippen LogP) is 4.14. The molecule has 1 amide bonds. The summed E-state index contributed by atoms with van der Waals surface area (Å²) >= 11 is 12.9. The maximum Gasteiger partial charge on any atom is 0.345 e. The van der Waals surface area contributed by atoms with E-state index >= 15 is 0 Å². The van der Waals surface area contributed by atoms with Gasteiger partial charge in [0.25, 0.3) is 5.91 Å². The van der Waals surface area contributed by atoms with Crippen LogP contribution in [0, 0.1) is 0 Å². The van der Waals surface area contributed by atoms with Crippen LogP contribution in [0.1, 0.15) is 15.9 Å². The predicted molar refractivity (Wildman–Crippen MR) is 100 cm³/mol. The van der Waals surface area contributed by atoms with Crippen LogP contribution >= 0.6 is 35.0 Å². The number of thioether (sulfide) groups is 1. The van der Waals surface area contributed by atoms with Crippen LogP contribution in [0.3, 0.4) is 0 Å². The molecule has 0 spiro atoms. The zero-order valence-corrected chi connectivity index (χ0v) is 14.9. The van der Waals surface area contributed by atoms with Gasteiger partial charge < -0.3 is 10.5 Å². The van der Waals surface area contributed by atoms with Crippen LogP contribution in [0.25, 0.3) is 6.08 Å². The van der Waals surface area contributed by atoms with Gasteiger partial charge >= 0.3 is 5.97 Å². The first-order valence-corrected chi connectivity index (χ1v) is 8.55. The Bertz CT molecular complexity index is 924. The normalized spacial score (nSPS) is 15.4. The van der Waals surface area contributed by atoms with Crippen molar-refractivity contribution in [3.63, 3.8) is 0 Å². The first-order chi connectivity index (χ1) is 11.9. The molecule has 0 aromatic heterocycles. The highest BCUT2D eigenvalue weighted by Gasteiger charge is 2.19. The van der Waals surface area contributed by atoms with Gasteiger partial charge in [-0.25, -0.2) is 4.79 Å². The molecular weight excluding hydrogens is 383 g/mol. The number of ether oxygens (including phenoxy) is 1. The molecule has 2 N–H and O–H groups in total. The summed E-state index contributed by atoms with van der Waals surface area (Å²) in [6, 6.07) is 11.2. The van der Waals surface area contributed by atoms with E-state index in [1.807, 2.05) is 0 Å². The standard InChI is InChI=1S/C17H10Cl2N2O3S/c18-10-3-6-12(13(19)8-10)16(23)24-11-4-1-9(2-5-11)7-14-15(22)21-17(20)25-14/h1-8H,(H2,20,21,22)/b14-7-. The third-order valence-corrected chi connectivity index (χ3v) is 4.54. The molecule has 0 atom stereocenters. The van der Waals surface area contributed by atoms with Crippen LogP contribution in [-0.4, -0.2) is 17.0 Å². The van der Waals surface area contributed by atoms with Crippen molar-refractivity contribution >= 4 is 58.1 Å². The number of hydrogen-bond acceptors (Lipinski definition) is 5. The smallest absolute Gasteiger partial charge is 0.345 e. The minimum Gasteiger partial charge on any atom is -0.423 e. The maximum absolute atomic E-state index is 12.2. The van der Waals surface area contributed by atoms with Crippen molar-refractivity contribution < 1.29 is 14.3 Å². The van der Waals surface area contributed by atoms with E-state index in [9.17, 15) is 9.59 Å². The molecule has 3 rings (SSSR count). The third kappa shape index (κ3) is 4.22. The van der Waals surface area contributed by atoms with Crippen LogP contribution < -0.4 is 10.5 Å². The largest absolute Gasteiger partial charge is 0.423 e. The number of rotatable bonds is 3. The number of hydrogen-bond donors (Lipinski definition) is 1. The van der Waals surface area contributed by atoms with Crippen LogP contribution in [0.5, 0.6) is 5.75 Å². The summed E-state index contributed by atoms with van der Waals surface area (Å²) in [6.07, 6.45) is 1.66. The van der Waals surface area contributed by atoms with Crippen LogP contribution in [0.15, 0.2) is 52.4 Å². The summed E-state index contributed by atoms with van der Waals surface area (Å²) < 4.78 is 5.28. The molecule has 5 nitrogen and oxygen atoms in total. The average Bonchev–Trinajstić information content (AvgIpc) is 2.86. The van der Waals surface area contributed by atoms with Crippen molar-refractivity contribution in [1.82, 2.24) is 0 Å². The van der Waals surface area contributed by atoms with E-state index in [1.165, 1.54) is 12.1 Å². The van der Waals surface area contributed by atoms with Gasteiger partial charge in [0.2, 0.25) is 0 Å². The highest BCUT2D eigenvalue weighted by molar-refractivity contribution is 8.18. The summed E-state index contributed by atoms with van der Waals surface area (Å²) in [5, 5.41) is 0.873. The summed E-state index contributed by atoms with van der Waals surface area (Å²) in [5.74, 6) is -0.606. The van der Waals surface area contributed by atoms with E-state index < -0.39 is 5.97 Å². The minimum atomic E-state index is -0.588. The molecule has 0 unspecified atom stereocenters. The number of halogens is 2. The highest BCUT2D eigenvalue weighted by Crippen LogP contribution is 2.27. The molecule has 25 heavy (non-hydrogen) atoms. The number of aliphatic imine (C=N–C) groups is 1. The topological polar surface area (TPSA) is 81.8 Å². The molecule has 0 aliphatic carbocycles. The number of nitrogens with two attached hydrogens (primary N) is 1. The van der Waals surface area contributed by atoms with E-state index in [0.29, 0.717) is 15.7 Å². The van der Waals surface area contributed by atoms with Gasteiger partial charge in [-0.05, 0) is 53.7 Å². The molecule has 0 saturated carbocycles. The van der Waals surface area contributed by atoms with Gasteiger partial charge in [-0.15, -0.1) is 0 Å². The summed E-state index contributed by atoms with van der Waals surface area (Å²) in [6.45, 7) is 0. The molecule has 0 bridgehead atoms. The van der Waals surface area contributed by atoms with Crippen molar-refractivity contribution in [2.45, 2.75) is 0 Å². The van der Waals surface area contributed by atoms with Gasteiger partial charge in [0.05, 0.1) is 15.5 Å². The van der Waals surface area contributed by atoms with Gasteiger partial charge in [-0.2, -0.15) is 4.99 Å². The van der Waals surface area contributed by atoms with Gasteiger partial charge in [0.15, 0.2) is 5.17 Å². The molecule has 126 valence electrons. The van der Waals surface area contributed by atoms with Crippen molar-refractivity contribution in [3.05, 3.63) is 68.5 Å². The second-order valence-electron chi connectivity index (χ2n) is 4.95. The van der Waals surface area contributed by atoms with Crippen molar-refractivity contribution in [1.29, 1.82) is 0 Å². The number of carbonyl (C=O) groups is 2. The highest BCUT2D eigenvalue weighted by atomic mass is 35.5. The Hall–Kier alpha value is -2.28. The lowest BCUT2D eigenvalue weighted by Gasteiger charge is -2.06. The van der Waals surface area contributed by atoms with E-state index in [2.05, 4.69) is 4.99 Å². The lowest BCUT2D eigenvalue weighted by atomic mass is 10.2. The van der Waals surface area contributed by atoms with Crippen LogP contribution in [-0.2, 0) is 4.79 Å². The number of amides is 1. The Kier molecular flexibility index (Phi) is 5.13. The minimum absolute atomic E-state index is 0.216. The van der Waals surface area contributed by atoms with Crippen molar-refractivity contribution in [3.8, 4) is 5.75 Å². The fourth-order valence-corrected chi connectivity index (χ4v) is 3.19. The van der Waals surface area contributed by atoms with E-state index in [1.54, 1.807) is 36.4 Å². The van der Waals surface area contributed by atoms with E-state index in [-0.39, 0.29) is 21.7 Å². The summed E-state index contributed by atoms with van der Waals surface area (Å²) in [4.78, 5) is 27.8. The first kappa shape index (κ1) is 17.5. The molecule has 1 aliphatic heterocycles. The quantitative estimate of drug-likeness (QED) is 0.482. The maximum atomic E-state index is 12.2. The summed E-state index contributed by atoms with van der Waals surface area (Å²) in [5.41, 5.74) is 6.47. The monoisotopic (exact) mass is 392 g/mol. The molecule has 8 heteroatoms. The fourth-order valence-electron chi connectivity index (χ4n) is 2.03. The number of benzene rings is 2. The molecule has 2 aromatic rings. The zero-order chi connectivity index (χ0) is 18.0. The second-order valence-corrected chi connectivity index (χ2v) is 6.85. The Morgan fingerprint density at radius 3 is 2.48 bits per heavy atom. The Morgan fingerprint density at radius 2 is 1.88 bits per heavy atom. The van der Waals surface area contributed by atoms with Crippen LogP contribution in [0.4, 0.5) is 0 Å². The second kappa shape index (κ2) is 7.31.